The maximum Gasteiger partial charge on any atom is 0.337 e. The Morgan fingerprint density at radius 1 is 1.42 bits per heavy atom. The molecule has 1 atom stereocenters. The molecule has 6 heteroatoms. The standard InChI is InChI=1S/C13H15Cl2NO3/c14-10-2-3-11(15)9(6-10)7-16-5-1-4-13(19,8-16)12(17)18/h2-3,6,19H,1,4-5,7-8H2,(H,17,18). The van der Waals surface area contributed by atoms with E-state index in [-0.39, 0.29) is 13.0 Å². The molecule has 0 aliphatic carbocycles. The van der Waals surface area contributed by atoms with Crippen molar-refractivity contribution >= 4 is 29.2 Å². The molecule has 0 amide bonds. The second-order valence-electron chi connectivity index (χ2n) is 4.89. The molecule has 1 aliphatic heterocycles. The maximum atomic E-state index is 11.1. The van der Waals surface area contributed by atoms with Gasteiger partial charge in [-0.15, -0.1) is 0 Å². The summed E-state index contributed by atoms with van der Waals surface area (Å²) in [6.07, 6.45) is 0.920. The molecule has 4 nitrogen and oxygen atoms in total. The van der Waals surface area contributed by atoms with E-state index < -0.39 is 11.6 Å². The fourth-order valence-corrected chi connectivity index (χ4v) is 2.71. The minimum absolute atomic E-state index is 0.102. The highest BCUT2D eigenvalue weighted by atomic mass is 35.5. The molecule has 104 valence electrons. The van der Waals surface area contributed by atoms with Crippen molar-refractivity contribution in [2.75, 3.05) is 13.1 Å². The van der Waals surface area contributed by atoms with Crippen molar-refractivity contribution in [3.63, 3.8) is 0 Å². The third-order valence-electron chi connectivity index (χ3n) is 3.35. The predicted molar refractivity (Wildman–Crippen MR) is 73.6 cm³/mol. The smallest absolute Gasteiger partial charge is 0.337 e. The van der Waals surface area contributed by atoms with Crippen molar-refractivity contribution in [2.45, 2.75) is 25.0 Å². The van der Waals surface area contributed by atoms with Gasteiger partial charge in [-0.3, -0.25) is 4.90 Å². The van der Waals surface area contributed by atoms with E-state index in [1.54, 1.807) is 18.2 Å². The largest absolute Gasteiger partial charge is 0.479 e. The number of carbonyl (C=O) groups is 1. The van der Waals surface area contributed by atoms with Gasteiger partial charge in [0.05, 0.1) is 0 Å². The lowest BCUT2D eigenvalue weighted by Gasteiger charge is -2.36. The van der Waals surface area contributed by atoms with Gasteiger partial charge >= 0.3 is 5.97 Å². The minimum Gasteiger partial charge on any atom is -0.479 e. The van der Waals surface area contributed by atoms with Crippen LogP contribution in [0.25, 0.3) is 0 Å². The average Bonchev–Trinajstić information content (AvgIpc) is 2.34. The summed E-state index contributed by atoms with van der Waals surface area (Å²) in [7, 11) is 0. The fraction of sp³-hybridized carbons (Fsp3) is 0.462. The molecule has 1 heterocycles. The Morgan fingerprint density at radius 2 is 2.16 bits per heavy atom. The number of rotatable bonds is 3. The summed E-state index contributed by atoms with van der Waals surface area (Å²) in [6.45, 7) is 1.32. The van der Waals surface area contributed by atoms with Crippen LogP contribution in [0.15, 0.2) is 18.2 Å². The number of aliphatic carboxylic acids is 1. The van der Waals surface area contributed by atoms with Crippen LogP contribution in [0.5, 0.6) is 0 Å². The first kappa shape index (κ1) is 14.6. The lowest BCUT2D eigenvalue weighted by atomic mass is 9.93. The Hall–Kier alpha value is -0.810. The lowest BCUT2D eigenvalue weighted by Crippen LogP contribution is -2.52. The van der Waals surface area contributed by atoms with Crippen LogP contribution >= 0.6 is 23.2 Å². The number of carboxylic acids is 1. The highest BCUT2D eigenvalue weighted by Crippen LogP contribution is 2.26. The molecule has 2 rings (SSSR count). The van der Waals surface area contributed by atoms with Crippen LogP contribution in [-0.4, -0.2) is 39.8 Å². The Balaban J connectivity index is 2.11. The Morgan fingerprint density at radius 3 is 2.84 bits per heavy atom. The highest BCUT2D eigenvalue weighted by Gasteiger charge is 2.40. The Bertz CT molecular complexity index is 495. The van der Waals surface area contributed by atoms with Crippen LogP contribution in [0.2, 0.25) is 10.0 Å². The van der Waals surface area contributed by atoms with Crippen molar-refractivity contribution < 1.29 is 15.0 Å². The Labute approximate surface area is 121 Å². The van der Waals surface area contributed by atoms with Crippen LogP contribution in [0.4, 0.5) is 0 Å². The van der Waals surface area contributed by atoms with Gasteiger partial charge in [-0.25, -0.2) is 4.79 Å². The number of β-amino-alcohol motifs (C(OH)–C–C–N with tert-alkyl or cyclic N) is 1. The average molecular weight is 304 g/mol. The van der Waals surface area contributed by atoms with Crippen molar-refractivity contribution in [2.24, 2.45) is 0 Å². The molecule has 1 fully saturated rings. The first-order valence-corrected chi connectivity index (χ1v) is 6.78. The van der Waals surface area contributed by atoms with Gasteiger partial charge in [-0.2, -0.15) is 0 Å². The van der Waals surface area contributed by atoms with E-state index >= 15 is 0 Å². The third-order valence-corrected chi connectivity index (χ3v) is 3.95. The molecular formula is C13H15Cl2NO3. The molecular weight excluding hydrogens is 289 g/mol. The predicted octanol–water partition coefficient (Wildman–Crippen LogP) is 2.40. The van der Waals surface area contributed by atoms with Gasteiger partial charge in [0.25, 0.3) is 0 Å². The van der Waals surface area contributed by atoms with Crippen LogP contribution in [0.3, 0.4) is 0 Å². The fourth-order valence-electron chi connectivity index (χ4n) is 2.34. The van der Waals surface area contributed by atoms with Crippen LogP contribution in [0, 0.1) is 0 Å². The van der Waals surface area contributed by atoms with Crippen molar-refractivity contribution in [1.82, 2.24) is 4.90 Å². The van der Waals surface area contributed by atoms with E-state index in [9.17, 15) is 9.90 Å². The van der Waals surface area contributed by atoms with E-state index in [2.05, 4.69) is 0 Å². The van der Waals surface area contributed by atoms with Gasteiger partial charge in [-0.1, -0.05) is 23.2 Å². The summed E-state index contributed by atoms with van der Waals surface area (Å²) in [6, 6.07) is 5.18. The zero-order valence-electron chi connectivity index (χ0n) is 10.3. The molecule has 0 saturated carbocycles. The third kappa shape index (κ3) is 3.39. The summed E-state index contributed by atoms with van der Waals surface area (Å²) in [5.74, 6) is -1.17. The van der Waals surface area contributed by atoms with Gasteiger partial charge in [-0.05, 0) is 43.1 Å². The quantitative estimate of drug-likeness (QED) is 0.900. The molecule has 1 saturated heterocycles. The van der Waals surface area contributed by atoms with Gasteiger partial charge in [0.2, 0.25) is 0 Å². The van der Waals surface area contributed by atoms with E-state index in [1.165, 1.54) is 0 Å². The Kier molecular flexibility index (Phi) is 4.36. The van der Waals surface area contributed by atoms with E-state index in [4.69, 9.17) is 28.3 Å². The second-order valence-corrected chi connectivity index (χ2v) is 5.73. The van der Waals surface area contributed by atoms with E-state index in [1.807, 2.05) is 4.90 Å². The molecule has 0 radical (unpaired) electrons. The number of nitrogens with zero attached hydrogens (tertiary/aromatic N) is 1. The number of hydrogen-bond acceptors (Lipinski definition) is 3. The highest BCUT2D eigenvalue weighted by molar-refractivity contribution is 6.33. The first-order chi connectivity index (χ1) is 8.90. The number of hydrogen-bond donors (Lipinski definition) is 2. The molecule has 1 aromatic rings. The van der Waals surface area contributed by atoms with Gasteiger partial charge in [0.15, 0.2) is 5.60 Å². The summed E-state index contributed by atoms with van der Waals surface area (Å²) >= 11 is 12.0. The maximum absolute atomic E-state index is 11.1. The summed E-state index contributed by atoms with van der Waals surface area (Å²) in [4.78, 5) is 13.0. The lowest BCUT2D eigenvalue weighted by molar-refractivity contribution is -0.164. The van der Waals surface area contributed by atoms with Gasteiger partial charge in [0.1, 0.15) is 0 Å². The normalized spacial score (nSPS) is 24.4. The molecule has 0 spiro atoms. The van der Waals surface area contributed by atoms with E-state index in [0.29, 0.717) is 23.0 Å². The molecule has 19 heavy (non-hydrogen) atoms. The van der Waals surface area contributed by atoms with E-state index in [0.717, 1.165) is 12.1 Å². The molecule has 1 unspecified atom stereocenters. The molecule has 0 bridgehead atoms. The molecule has 1 aliphatic rings. The minimum atomic E-state index is -1.66. The van der Waals surface area contributed by atoms with Crippen molar-refractivity contribution in [3.05, 3.63) is 33.8 Å². The number of carboxylic acid groups (broad SMARTS) is 1. The van der Waals surface area contributed by atoms with Crippen LogP contribution < -0.4 is 0 Å². The number of halogens is 2. The van der Waals surface area contributed by atoms with Crippen LogP contribution in [0.1, 0.15) is 18.4 Å². The number of aliphatic hydroxyl groups is 1. The topological polar surface area (TPSA) is 60.8 Å². The van der Waals surface area contributed by atoms with Gasteiger partial charge in [0, 0.05) is 23.1 Å². The zero-order chi connectivity index (χ0) is 14.0. The zero-order valence-corrected chi connectivity index (χ0v) is 11.8. The number of benzene rings is 1. The van der Waals surface area contributed by atoms with Crippen LogP contribution in [-0.2, 0) is 11.3 Å². The SMILES string of the molecule is O=C(O)C1(O)CCCN(Cc2cc(Cl)ccc2Cl)C1. The molecule has 2 N–H and O–H groups in total. The first-order valence-electron chi connectivity index (χ1n) is 6.03. The number of piperidine rings is 1. The van der Waals surface area contributed by atoms with Gasteiger partial charge < -0.3 is 10.2 Å². The summed E-state index contributed by atoms with van der Waals surface area (Å²) < 4.78 is 0. The molecule has 1 aromatic carbocycles. The second kappa shape index (κ2) is 5.67. The summed E-state index contributed by atoms with van der Waals surface area (Å²) in [5, 5.41) is 20.3. The van der Waals surface area contributed by atoms with Crippen molar-refractivity contribution in [3.8, 4) is 0 Å². The number of likely N-dealkylation sites (tertiary alicyclic amines) is 1. The van der Waals surface area contributed by atoms with Crippen molar-refractivity contribution in [1.29, 1.82) is 0 Å². The molecule has 0 aromatic heterocycles. The summed E-state index contributed by atoms with van der Waals surface area (Å²) in [5.41, 5.74) is -0.827. The monoisotopic (exact) mass is 303 g/mol.